The van der Waals surface area contributed by atoms with E-state index < -0.39 is 23.5 Å². The number of halogens is 3. The Hall–Kier alpha value is -1.72. The highest BCUT2D eigenvalue weighted by atomic mass is 19.2. The van der Waals surface area contributed by atoms with E-state index in [1.165, 1.54) is 4.90 Å². The summed E-state index contributed by atoms with van der Waals surface area (Å²) >= 11 is 0. The molecule has 2 amide bonds. The molecular weight excluding hydrogens is 269 g/mol. The lowest BCUT2D eigenvalue weighted by Gasteiger charge is -2.22. The zero-order valence-electron chi connectivity index (χ0n) is 11.7. The normalized spacial score (nSPS) is 10.4. The smallest absolute Gasteiger partial charge is 0.321 e. The average molecular weight is 288 g/mol. The molecule has 3 nitrogen and oxygen atoms in total. The number of hydrogen-bond acceptors (Lipinski definition) is 1. The Balaban J connectivity index is 2.79. The van der Waals surface area contributed by atoms with E-state index in [4.69, 9.17) is 0 Å². The second-order valence-corrected chi connectivity index (χ2v) is 4.49. The van der Waals surface area contributed by atoms with Crippen molar-refractivity contribution in [3.63, 3.8) is 0 Å². The number of carbonyl (C=O) groups is 1. The van der Waals surface area contributed by atoms with Crippen molar-refractivity contribution in [1.29, 1.82) is 0 Å². The second-order valence-electron chi connectivity index (χ2n) is 4.49. The number of nitrogens with one attached hydrogen (secondary N) is 1. The second kappa shape index (κ2) is 7.77. The number of anilines is 1. The first kappa shape index (κ1) is 16.3. The standard InChI is InChI=1S/C14H19F3N2O/c1-3-5-9-19(8-4-2)14(20)18-11-7-6-10(15)12(16)13(11)17/h6-7H,3-5,8-9H2,1-2H3,(H,18,20). The van der Waals surface area contributed by atoms with Gasteiger partial charge in [0, 0.05) is 13.1 Å². The molecule has 0 bridgehead atoms. The van der Waals surface area contributed by atoms with E-state index in [9.17, 15) is 18.0 Å². The van der Waals surface area contributed by atoms with Crippen molar-refractivity contribution in [2.75, 3.05) is 18.4 Å². The van der Waals surface area contributed by atoms with Gasteiger partial charge < -0.3 is 10.2 Å². The minimum Gasteiger partial charge on any atom is -0.325 e. The summed E-state index contributed by atoms with van der Waals surface area (Å²) in [5.74, 6) is -4.25. The summed E-state index contributed by atoms with van der Waals surface area (Å²) < 4.78 is 39.4. The number of urea groups is 1. The highest BCUT2D eigenvalue weighted by molar-refractivity contribution is 5.89. The van der Waals surface area contributed by atoms with Crippen molar-refractivity contribution in [2.24, 2.45) is 0 Å². The van der Waals surface area contributed by atoms with E-state index in [0.717, 1.165) is 31.4 Å². The Kier molecular flexibility index (Phi) is 6.35. The van der Waals surface area contributed by atoms with E-state index in [2.05, 4.69) is 5.32 Å². The van der Waals surface area contributed by atoms with E-state index in [-0.39, 0.29) is 5.69 Å². The van der Waals surface area contributed by atoms with Crippen molar-refractivity contribution in [3.05, 3.63) is 29.6 Å². The fourth-order valence-corrected chi connectivity index (χ4v) is 1.75. The van der Waals surface area contributed by atoms with Crippen LogP contribution in [0.15, 0.2) is 12.1 Å². The van der Waals surface area contributed by atoms with Gasteiger partial charge in [-0.15, -0.1) is 0 Å². The number of hydrogen-bond donors (Lipinski definition) is 1. The summed E-state index contributed by atoms with van der Waals surface area (Å²) in [7, 11) is 0. The number of nitrogens with zero attached hydrogens (tertiary/aromatic N) is 1. The molecule has 0 radical (unpaired) electrons. The Morgan fingerprint density at radius 2 is 1.80 bits per heavy atom. The predicted molar refractivity (Wildman–Crippen MR) is 72.1 cm³/mol. The topological polar surface area (TPSA) is 32.3 Å². The first-order valence-corrected chi connectivity index (χ1v) is 6.70. The van der Waals surface area contributed by atoms with Gasteiger partial charge in [-0.2, -0.15) is 0 Å². The maximum Gasteiger partial charge on any atom is 0.321 e. The maximum atomic E-state index is 13.5. The monoisotopic (exact) mass is 288 g/mol. The Bertz CT molecular complexity index is 466. The van der Waals surface area contributed by atoms with Crippen molar-refractivity contribution in [1.82, 2.24) is 4.90 Å². The molecule has 0 saturated carbocycles. The molecular formula is C14H19F3N2O. The summed E-state index contributed by atoms with van der Waals surface area (Å²) in [4.78, 5) is 13.5. The van der Waals surface area contributed by atoms with E-state index in [1.54, 1.807) is 0 Å². The zero-order chi connectivity index (χ0) is 15.1. The summed E-state index contributed by atoms with van der Waals surface area (Å²) in [5, 5.41) is 2.28. The molecule has 1 rings (SSSR count). The largest absolute Gasteiger partial charge is 0.325 e. The van der Waals surface area contributed by atoms with Gasteiger partial charge in [0.15, 0.2) is 17.5 Å². The van der Waals surface area contributed by atoms with E-state index in [1.807, 2.05) is 13.8 Å². The van der Waals surface area contributed by atoms with Crippen LogP contribution in [-0.2, 0) is 0 Å². The van der Waals surface area contributed by atoms with Gasteiger partial charge in [-0.25, -0.2) is 18.0 Å². The fourth-order valence-electron chi connectivity index (χ4n) is 1.75. The molecule has 0 aromatic heterocycles. The third-order valence-electron chi connectivity index (χ3n) is 2.84. The summed E-state index contributed by atoms with van der Waals surface area (Å²) in [5.41, 5.74) is -0.355. The number of rotatable bonds is 6. The Morgan fingerprint density at radius 1 is 1.10 bits per heavy atom. The lowest BCUT2D eigenvalue weighted by molar-refractivity contribution is 0.210. The number of benzene rings is 1. The molecule has 0 heterocycles. The van der Waals surface area contributed by atoms with E-state index >= 15 is 0 Å². The van der Waals surface area contributed by atoms with Crippen molar-refractivity contribution in [3.8, 4) is 0 Å². The van der Waals surface area contributed by atoms with Gasteiger partial charge in [0.25, 0.3) is 0 Å². The van der Waals surface area contributed by atoms with Gasteiger partial charge in [-0.1, -0.05) is 20.3 Å². The van der Waals surface area contributed by atoms with Crippen LogP contribution < -0.4 is 5.32 Å². The molecule has 0 aliphatic carbocycles. The molecule has 0 unspecified atom stereocenters. The first-order valence-electron chi connectivity index (χ1n) is 6.70. The van der Waals surface area contributed by atoms with Gasteiger partial charge in [0.2, 0.25) is 0 Å². The minimum absolute atomic E-state index is 0.355. The highest BCUT2D eigenvalue weighted by Crippen LogP contribution is 2.20. The number of carbonyl (C=O) groups excluding carboxylic acids is 1. The fraction of sp³-hybridized carbons (Fsp3) is 0.500. The van der Waals surface area contributed by atoms with E-state index in [0.29, 0.717) is 13.1 Å². The lowest BCUT2D eigenvalue weighted by atomic mass is 10.2. The summed E-state index contributed by atoms with van der Waals surface area (Å²) in [6, 6.07) is 1.28. The van der Waals surface area contributed by atoms with Gasteiger partial charge >= 0.3 is 6.03 Å². The quantitative estimate of drug-likeness (QED) is 0.784. The van der Waals surface area contributed by atoms with Crippen LogP contribution in [-0.4, -0.2) is 24.0 Å². The van der Waals surface area contributed by atoms with Gasteiger partial charge in [-0.3, -0.25) is 0 Å². The molecule has 0 fully saturated rings. The third kappa shape index (κ3) is 4.15. The summed E-state index contributed by atoms with van der Waals surface area (Å²) in [6.45, 7) is 4.99. The Labute approximate surface area is 116 Å². The zero-order valence-corrected chi connectivity index (χ0v) is 11.7. The molecule has 0 spiro atoms. The third-order valence-corrected chi connectivity index (χ3v) is 2.84. The molecule has 20 heavy (non-hydrogen) atoms. The molecule has 1 N–H and O–H groups in total. The Morgan fingerprint density at radius 3 is 2.40 bits per heavy atom. The maximum absolute atomic E-state index is 13.5. The predicted octanol–water partition coefficient (Wildman–Crippen LogP) is 4.15. The van der Waals surface area contributed by atoms with Crippen LogP contribution >= 0.6 is 0 Å². The van der Waals surface area contributed by atoms with Crippen LogP contribution in [0, 0.1) is 17.5 Å². The lowest BCUT2D eigenvalue weighted by Crippen LogP contribution is -2.36. The molecule has 0 aliphatic rings. The van der Waals surface area contributed by atoms with Crippen LogP contribution in [0.2, 0.25) is 0 Å². The summed E-state index contributed by atoms with van der Waals surface area (Å²) in [6.07, 6.45) is 2.51. The SMILES string of the molecule is CCCCN(CCC)C(=O)Nc1ccc(F)c(F)c1F. The average Bonchev–Trinajstić information content (AvgIpc) is 2.44. The molecule has 1 aromatic rings. The molecule has 0 saturated heterocycles. The van der Waals surface area contributed by atoms with Gasteiger partial charge in [0.1, 0.15) is 0 Å². The van der Waals surface area contributed by atoms with Crippen molar-refractivity contribution >= 4 is 11.7 Å². The minimum atomic E-state index is -1.58. The van der Waals surface area contributed by atoms with Gasteiger partial charge in [-0.05, 0) is 25.0 Å². The molecule has 0 atom stereocenters. The molecule has 112 valence electrons. The van der Waals surface area contributed by atoms with Crippen LogP contribution in [0.1, 0.15) is 33.1 Å². The highest BCUT2D eigenvalue weighted by Gasteiger charge is 2.18. The van der Waals surface area contributed by atoms with Gasteiger partial charge in [0.05, 0.1) is 5.69 Å². The van der Waals surface area contributed by atoms with Crippen LogP contribution in [0.4, 0.5) is 23.7 Å². The van der Waals surface area contributed by atoms with Crippen LogP contribution in [0.3, 0.4) is 0 Å². The molecule has 6 heteroatoms. The molecule has 0 aliphatic heterocycles. The number of amides is 2. The van der Waals surface area contributed by atoms with Crippen molar-refractivity contribution in [2.45, 2.75) is 33.1 Å². The van der Waals surface area contributed by atoms with Crippen LogP contribution in [0.25, 0.3) is 0 Å². The number of unbranched alkanes of at least 4 members (excludes halogenated alkanes) is 1. The first-order chi connectivity index (χ1) is 9.51. The molecule has 1 aromatic carbocycles. The van der Waals surface area contributed by atoms with Crippen LogP contribution in [0.5, 0.6) is 0 Å². The van der Waals surface area contributed by atoms with Crippen molar-refractivity contribution < 1.29 is 18.0 Å².